The maximum atomic E-state index is 12.3. The van der Waals surface area contributed by atoms with Crippen molar-refractivity contribution in [3.05, 3.63) is 0 Å². The van der Waals surface area contributed by atoms with Crippen LogP contribution in [0.25, 0.3) is 0 Å². The summed E-state index contributed by atoms with van der Waals surface area (Å²) in [6.45, 7) is 2.43. The lowest BCUT2D eigenvalue weighted by atomic mass is 9.81. The van der Waals surface area contributed by atoms with Crippen LogP contribution in [0.2, 0.25) is 0 Å². The zero-order chi connectivity index (χ0) is 29.4. The van der Waals surface area contributed by atoms with Gasteiger partial charge in [-0.15, -0.1) is 0 Å². The van der Waals surface area contributed by atoms with E-state index in [1.54, 1.807) is 6.92 Å². The smallest absolute Gasteiger partial charge is 0.326 e. The molecule has 0 aliphatic heterocycles. The molecule has 0 heterocycles. The third kappa shape index (κ3) is 19.0. The topological polar surface area (TPSA) is 133 Å². The molecule has 8 heteroatoms. The van der Waals surface area contributed by atoms with Crippen molar-refractivity contribution in [3.8, 4) is 0 Å². The van der Waals surface area contributed by atoms with Gasteiger partial charge in [-0.05, 0) is 50.9 Å². The average Bonchev–Trinajstić information content (AvgIpc) is 2.93. The zero-order valence-corrected chi connectivity index (χ0v) is 25.2. The van der Waals surface area contributed by atoms with Gasteiger partial charge in [0.25, 0.3) is 0 Å². The van der Waals surface area contributed by atoms with Gasteiger partial charge in [-0.25, -0.2) is 4.79 Å². The molecule has 0 saturated heterocycles. The number of rotatable bonds is 25. The maximum Gasteiger partial charge on any atom is 0.326 e. The number of nitrogens with one attached hydrogen (secondary N) is 2. The van der Waals surface area contributed by atoms with Gasteiger partial charge in [-0.2, -0.15) is 0 Å². The van der Waals surface area contributed by atoms with E-state index in [0.717, 1.165) is 51.4 Å². The van der Waals surface area contributed by atoms with Gasteiger partial charge < -0.3 is 20.8 Å². The first-order chi connectivity index (χ1) is 19.3. The van der Waals surface area contributed by atoms with Gasteiger partial charge in [0.05, 0.1) is 0 Å². The number of aliphatic carboxylic acids is 2. The van der Waals surface area contributed by atoms with Gasteiger partial charge >= 0.3 is 11.9 Å². The van der Waals surface area contributed by atoms with Crippen LogP contribution in [0.15, 0.2) is 0 Å². The minimum atomic E-state index is -0.985. The van der Waals surface area contributed by atoms with E-state index in [1.807, 2.05) is 0 Å². The van der Waals surface area contributed by atoms with E-state index in [0.29, 0.717) is 31.7 Å². The van der Waals surface area contributed by atoms with Crippen LogP contribution in [-0.2, 0) is 19.2 Å². The van der Waals surface area contributed by atoms with Crippen molar-refractivity contribution in [1.29, 1.82) is 0 Å². The second kappa shape index (κ2) is 23.6. The summed E-state index contributed by atoms with van der Waals surface area (Å²) < 4.78 is 0. The van der Waals surface area contributed by atoms with Crippen LogP contribution >= 0.6 is 0 Å². The number of carbonyl (C=O) groups excluding carboxylic acids is 2. The van der Waals surface area contributed by atoms with Crippen LogP contribution in [-0.4, -0.2) is 46.6 Å². The van der Waals surface area contributed by atoms with Gasteiger partial charge in [0.15, 0.2) is 0 Å². The number of carboxylic acid groups (broad SMARTS) is 2. The molecule has 0 bridgehead atoms. The van der Waals surface area contributed by atoms with Crippen molar-refractivity contribution in [3.63, 3.8) is 0 Å². The summed E-state index contributed by atoms with van der Waals surface area (Å²) in [6.07, 6.45) is 23.8. The molecule has 0 spiro atoms. The fourth-order valence-electron chi connectivity index (χ4n) is 5.64. The van der Waals surface area contributed by atoms with E-state index < -0.39 is 18.0 Å². The predicted octanol–water partition coefficient (Wildman–Crippen LogP) is 6.99. The lowest BCUT2D eigenvalue weighted by molar-refractivity contribution is -0.142. The summed E-state index contributed by atoms with van der Waals surface area (Å²) in [7, 11) is 0. The first-order valence-electron chi connectivity index (χ1n) is 16.3. The van der Waals surface area contributed by atoms with Crippen molar-refractivity contribution >= 4 is 23.8 Å². The summed E-state index contributed by atoms with van der Waals surface area (Å²) in [5.41, 5.74) is 0. The van der Waals surface area contributed by atoms with Crippen LogP contribution in [0.4, 0.5) is 0 Å². The van der Waals surface area contributed by atoms with Gasteiger partial charge in [-0.1, -0.05) is 96.8 Å². The molecular formula is C32H58N2O6. The summed E-state index contributed by atoms with van der Waals surface area (Å²) in [4.78, 5) is 46.1. The second-order valence-corrected chi connectivity index (χ2v) is 11.9. The number of hydrogen-bond donors (Lipinski definition) is 4. The third-order valence-corrected chi connectivity index (χ3v) is 8.37. The van der Waals surface area contributed by atoms with Crippen LogP contribution in [0, 0.1) is 11.8 Å². The minimum Gasteiger partial charge on any atom is -0.481 e. The number of amides is 2. The highest BCUT2D eigenvalue weighted by Gasteiger charge is 2.28. The maximum absolute atomic E-state index is 12.3. The highest BCUT2D eigenvalue weighted by molar-refractivity contribution is 5.85. The number of hydrogen-bond acceptors (Lipinski definition) is 4. The molecule has 1 unspecified atom stereocenters. The third-order valence-electron chi connectivity index (χ3n) is 8.37. The molecule has 2 amide bonds. The molecule has 8 nitrogen and oxygen atoms in total. The van der Waals surface area contributed by atoms with Crippen LogP contribution < -0.4 is 10.6 Å². The second-order valence-electron chi connectivity index (χ2n) is 11.9. The van der Waals surface area contributed by atoms with Crippen molar-refractivity contribution in [1.82, 2.24) is 10.6 Å². The Morgan fingerprint density at radius 2 is 1.07 bits per heavy atom. The van der Waals surface area contributed by atoms with Crippen molar-refractivity contribution < 1.29 is 29.4 Å². The van der Waals surface area contributed by atoms with E-state index in [4.69, 9.17) is 10.2 Å². The van der Waals surface area contributed by atoms with E-state index in [9.17, 15) is 19.2 Å². The summed E-state index contributed by atoms with van der Waals surface area (Å²) in [5.74, 6) is -1.41. The van der Waals surface area contributed by atoms with Crippen LogP contribution in [0.3, 0.4) is 0 Å². The molecule has 1 rings (SSSR count). The Labute approximate surface area is 242 Å². The molecule has 1 aliphatic carbocycles. The van der Waals surface area contributed by atoms with Gasteiger partial charge in [-0.3, -0.25) is 14.4 Å². The van der Waals surface area contributed by atoms with E-state index in [1.165, 1.54) is 77.0 Å². The fraction of sp³-hybridized carbons (Fsp3) is 0.875. The zero-order valence-electron chi connectivity index (χ0n) is 25.2. The van der Waals surface area contributed by atoms with Crippen LogP contribution in [0.5, 0.6) is 0 Å². The Hall–Kier alpha value is -2.12. The lowest BCUT2D eigenvalue weighted by Gasteiger charge is -2.28. The molecule has 232 valence electrons. The Balaban J connectivity index is 1.87. The van der Waals surface area contributed by atoms with Crippen molar-refractivity contribution in [2.75, 3.05) is 6.54 Å². The first-order valence-corrected chi connectivity index (χ1v) is 16.3. The largest absolute Gasteiger partial charge is 0.481 e. The van der Waals surface area contributed by atoms with Gasteiger partial charge in [0, 0.05) is 25.3 Å². The summed E-state index contributed by atoms with van der Waals surface area (Å²) in [6, 6.07) is -0.808. The molecule has 0 radical (unpaired) electrons. The average molecular weight is 567 g/mol. The Morgan fingerprint density at radius 1 is 0.650 bits per heavy atom. The highest BCUT2D eigenvalue weighted by atomic mass is 16.4. The molecule has 0 aromatic carbocycles. The molecule has 1 aliphatic rings. The monoisotopic (exact) mass is 566 g/mol. The van der Waals surface area contributed by atoms with Crippen LogP contribution in [0.1, 0.15) is 155 Å². The van der Waals surface area contributed by atoms with E-state index in [2.05, 4.69) is 10.6 Å². The highest BCUT2D eigenvalue weighted by Crippen LogP contribution is 2.28. The van der Waals surface area contributed by atoms with E-state index >= 15 is 0 Å². The molecule has 40 heavy (non-hydrogen) atoms. The SMILES string of the molecule is CCC(NC(=O)C1CCC(CNC(=O)CCCCCCCCCCCCCCCCCCC(=O)O)CC1)C(=O)O. The van der Waals surface area contributed by atoms with Gasteiger partial charge in [0.1, 0.15) is 6.04 Å². The standard InChI is InChI=1S/C32H58N2O6/c1-2-28(32(39)40)34-31(38)27-23-21-26(22-24-27)25-33-29(35)19-17-15-13-11-9-7-5-3-4-6-8-10-12-14-16-18-20-30(36)37/h26-28H,2-25H2,1H3,(H,33,35)(H,34,38)(H,36,37)(H,39,40). The van der Waals surface area contributed by atoms with Crippen molar-refractivity contribution in [2.24, 2.45) is 11.8 Å². The molecule has 1 saturated carbocycles. The minimum absolute atomic E-state index is 0.120. The molecule has 0 aromatic heterocycles. The Bertz CT molecular complexity index is 706. The molecule has 4 N–H and O–H groups in total. The first kappa shape index (κ1) is 35.9. The lowest BCUT2D eigenvalue weighted by Crippen LogP contribution is -2.44. The molecular weight excluding hydrogens is 508 g/mol. The number of carboxylic acids is 2. The molecule has 1 atom stereocenters. The predicted molar refractivity (Wildman–Crippen MR) is 159 cm³/mol. The normalized spacial score (nSPS) is 17.7. The molecule has 1 fully saturated rings. The van der Waals surface area contributed by atoms with Crippen molar-refractivity contribution in [2.45, 2.75) is 161 Å². The number of carbonyl (C=O) groups is 4. The Kier molecular flexibility index (Phi) is 21.2. The molecule has 0 aromatic rings. The Morgan fingerprint density at radius 3 is 1.48 bits per heavy atom. The number of unbranched alkanes of at least 4 members (excludes halogenated alkanes) is 15. The van der Waals surface area contributed by atoms with Gasteiger partial charge in [0.2, 0.25) is 11.8 Å². The fourth-order valence-corrected chi connectivity index (χ4v) is 5.64. The van der Waals surface area contributed by atoms with E-state index in [-0.39, 0.29) is 17.7 Å². The quantitative estimate of drug-likeness (QED) is 0.0880. The summed E-state index contributed by atoms with van der Waals surface area (Å²) >= 11 is 0. The summed E-state index contributed by atoms with van der Waals surface area (Å²) in [5, 5.41) is 23.5.